The molecule has 4 heterocycles. The van der Waals surface area contributed by atoms with Crippen molar-refractivity contribution in [3.8, 4) is 11.4 Å². The molecule has 0 atom stereocenters. The van der Waals surface area contributed by atoms with Crippen molar-refractivity contribution in [2.24, 2.45) is 0 Å². The summed E-state index contributed by atoms with van der Waals surface area (Å²) in [6, 6.07) is 6.65. The zero-order valence-corrected chi connectivity index (χ0v) is 18.9. The Morgan fingerprint density at radius 1 is 0.806 bits per heavy atom. The van der Waals surface area contributed by atoms with Gasteiger partial charge in [0.1, 0.15) is 0 Å². The average molecular weight is 493 g/mol. The molecule has 0 spiro atoms. The van der Waals surface area contributed by atoms with Crippen molar-refractivity contribution in [2.45, 2.75) is 0 Å². The molecule has 0 aliphatic carbocycles. The van der Waals surface area contributed by atoms with Gasteiger partial charge in [-0.25, -0.2) is 14.4 Å². The molecule has 0 aliphatic rings. The predicted molar refractivity (Wildman–Crippen MR) is 124 cm³/mol. The SMILES string of the molecule is CN(C)C(=O)/C=C/n1nnn(-c2cccnc2)c1=O.O=C(O)/C=C/n1nnn(-c2cccnc2)c1=O. The van der Waals surface area contributed by atoms with Crippen LogP contribution < -0.4 is 11.4 Å². The van der Waals surface area contributed by atoms with Crippen molar-refractivity contribution in [3.63, 3.8) is 0 Å². The molecule has 16 nitrogen and oxygen atoms in total. The van der Waals surface area contributed by atoms with E-state index in [4.69, 9.17) is 5.11 Å². The van der Waals surface area contributed by atoms with Gasteiger partial charge in [0.05, 0.1) is 23.8 Å². The Bertz CT molecular complexity index is 1500. The lowest BCUT2D eigenvalue weighted by Crippen LogP contribution is -2.23. The summed E-state index contributed by atoms with van der Waals surface area (Å²) in [5.74, 6) is -1.42. The Kier molecular flexibility index (Phi) is 8.05. The van der Waals surface area contributed by atoms with Crippen LogP contribution in [-0.2, 0) is 9.59 Å². The highest BCUT2D eigenvalue weighted by atomic mass is 16.4. The number of rotatable bonds is 6. The molecule has 1 N–H and O–H groups in total. The molecule has 0 saturated heterocycles. The monoisotopic (exact) mass is 493 g/mol. The molecule has 184 valence electrons. The topological polar surface area (TPSA) is 189 Å². The minimum absolute atomic E-state index is 0.247. The number of hydrogen-bond donors (Lipinski definition) is 1. The first-order chi connectivity index (χ1) is 17.3. The molecule has 4 aromatic rings. The molecule has 0 fully saturated rings. The van der Waals surface area contributed by atoms with E-state index in [0.717, 1.165) is 31.0 Å². The second kappa shape index (κ2) is 11.5. The molecule has 0 aliphatic heterocycles. The van der Waals surface area contributed by atoms with Crippen LogP contribution in [0.5, 0.6) is 0 Å². The van der Waals surface area contributed by atoms with E-state index in [1.807, 2.05) is 0 Å². The molecule has 4 rings (SSSR count). The largest absolute Gasteiger partial charge is 0.478 e. The molecule has 16 heteroatoms. The highest BCUT2D eigenvalue weighted by Crippen LogP contribution is 1.99. The van der Waals surface area contributed by atoms with Crippen LogP contribution in [0.1, 0.15) is 0 Å². The summed E-state index contributed by atoms with van der Waals surface area (Å²) in [5, 5.41) is 22.9. The van der Waals surface area contributed by atoms with Gasteiger partial charge in [-0.05, 0) is 45.1 Å². The number of pyridine rings is 2. The summed E-state index contributed by atoms with van der Waals surface area (Å²) in [6.07, 6.45) is 10.4. The summed E-state index contributed by atoms with van der Waals surface area (Å²) in [6.45, 7) is 0. The molecule has 0 bridgehead atoms. The van der Waals surface area contributed by atoms with Gasteiger partial charge >= 0.3 is 17.3 Å². The van der Waals surface area contributed by atoms with Crippen LogP contribution in [0.4, 0.5) is 0 Å². The summed E-state index contributed by atoms with van der Waals surface area (Å²) in [7, 11) is 3.23. The lowest BCUT2D eigenvalue weighted by atomic mass is 10.4. The lowest BCUT2D eigenvalue weighted by molar-refractivity contribution is -0.131. The van der Waals surface area contributed by atoms with Crippen LogP contribution in [0.2, 0.25) is 0 Å². The average Bonchev–Trinajstić information content (AvgIpc) is 3.44. The van der Waals surface area contributed by atoms with Crippen molar-refractivity contribution in [2.75, 3.05) is 14.1 Å². The van der Waals surface area contributed by atoms with E-state index in [0.29, 0.717) is 11.4 Å². The molecular formula is C20H19N11O5. The number of amides is 1. The van der Waals surface area contributed by atoms with Crippen molar-refractivity contribution in [3.05, 3.63) is 82.2 Å². The van der Waals surface area contributed by atoms with E-state index >= 15 is 0 Å². The van der Waals surface area contributed by atoms with E-state index in [-0.39, 0.29) is 5.91 Å². The molecule has 1 amide bonds. The lowest BCUT2D eigenvalue weighted by Gasteiger charge is -2.04. The van der Waals surface area contributed by atoms with E-state index in [9.17, 15) is 19.2 Å². The Labute approximate surface area is 201 Å². The van der Waals surface area contributed by atoms with Gasteiger partial charge in [-0.15, -0.1) is 0 Å². The summed E-state index contributed by atoms with van der Waals surface area (Å²) in [4.78, 5) is 54.4. The first kappa shape index (κ1) is 25.1. The van der Waals surface area contributed by atoms with Gasteiger partial charge in [-0.2, -0.15) is 18.7 Å². The number of carboxylic acid groups (broad SMARTS) is 1. The Balaban J connectivity index is 0.000000202. The van der Waals surface area contributed by atoms with Gasteiger partial charge in [0.25, 0.3) is 0 Å². The van der Waals surface area contributed by atoms with Crippen LogP contribution >= 0.6 is 0 Å². The van der Waals surface area contributed by atoms with Crippen LogP contribution in [-0.4, -0.2) is 85.5 Å². The fourth-order valence-corrected chi connectivity index (χ4v) is 2.40. The number of carbonyl (C=O) groups is 2. The quantitative estimate of drug-likeness (QED) is 0.316. The van der Waals surface area contributed by atoms with Crippen LogP contribution in [0.3, 0.4) is 0 Å². The number of carboxylic acids is 1. The van der Waals surface area contributed by atoms with E-state index in [1.165, 1.54) is 29.6 Å². The third-order valence-electron chi connectivity index (χ3n) is 4.14. The molecule has 4 aromatic heterocycles. The summed E-state index contributed by atoms with van der Waals surface area (Å²) < 4.78 is 3.91. The van der Waals surface area contributed by atoms with E-state index in [2.05, 4.69) is 30.8 Å². The van der Waals surface area contributed by atoms with Gasteiger partial charge in [0.15, 0.2) is 0 Å². The smallest absolute Gasteiger partial charge is 0.372 e. The highest BCUT2D eigenvalue weighted by Gasteiger charge is 2.08. The minimum atomic E-state index is -1.17. The van der Waals surface area contributed by atoms with Gasteiger partial charge < -0.3 is 10.0 Å². The maximum atomic E-state index is 11.9. The molecule has 0 radical (unpaired) electrons. The fourth-order valence-electron chi connectivity index (χ4n) is 2.40. The maximum Gasteiger partial charge on any atom is 0.372 e. The second-order valence-corrected chi connectivity index (χ2v) is 6.86. The van der Waals surface area contributed by atoms with Gasteiger partial charge in [-0.1, -0.05) is 0 Å². The van der Waals surface area contributed by atoms with Crippen molar-refractivity contribution < 1.29 is 14.7 Å². The van der Waals surface area contributed by atoms with Crippen molar-refractivity contribution in [1.82, 2.24) is 54.4 Å². The zero-order valence-electron chi connectivity index (χ0n) is 18.9. The minimum Gasteiger partial charge on any atom is -0.478 e. The number of carbonyl (C=O) groups excluding carboxylic acids is 1. The van der Waals surface area contributed by atoms with Crippen LogP contribution in [0.25, 0.3) is 23.8 Å². The third-order valence-corrected chi connectivity index (χ3v) is 4.14. The van der Waals surface area contributed by atoms with Crippen molar-refractivity contribution >= 4 is 24.3 Å². The van der Waals surface area contributed by atoms with E-state index in [1.54, 1.807) is 50.8 Å². The second-order valence-electron chi connectivity index (χ2n) is 6.86. The molecular weight excluding hydrogens is 474 g/mol. The maximum absolute atomic E-state index is 11.9. The molecule has 0 saturated carbocycles. The summed E-state index contributed by atoms with van der Waals surface area (Å²) in [5.41, 5.74) is -0.0927. The summed E-state index contributed by atoms with van der Waals surface area (Å²) >= 11 is 0. The molecule has 36 heavy (non-hydrogen) atoms. The normalized spacial score (nSPS) is 10.8. The highest BCUT2D eigenvalue weighted by molar-refractivity contribution is 5.89. The predicted octanol–water partition coefficient (Wildman–Crippen LogP) is -1.24. The van der Waals surface area contributed by atoms with Crippen LogP contribution in [0.15, 0.2) is 70.8 Å². The third kappa shape index (κ3) is 6.28. The first-order valence-corrected chi connectivity index (χ1v) is 9.98. The Morgan fingerprint density at radius 2 is 1.28 bits per heavy atom. The number of hydrogen-bond acceptors (Lipinski definition) is 10. The standard InChI is InChI=1S/C11H12N6O2.C9H7N5O3/c1-15(2)10(18)5-7-16-11(19)17(14-13-16)9-4-3-6-12-8-9;15-8(16)3-5-13-9(17)14(12-11-13)7-2-1-4-10-6-7/h3-8H,1-2H3;1-6H,(H,15,16)/b7-5+;5-3+. The Morgan fingerprint density at radius 3 is 1.67 bits per heavy atom. The van der Waals surface area contributed by atoms with E-state index < -0.39 is 17.3 Å². The Hall–Kier alpha value is -5.54. The zero-order chi connectivity index (χ0) is 26.1. The molecule has 0 unspecified atom stereocenters. The first-order valence-electron chi connectivity index (χ1n) is 9.98. The van der Waals surface area contributed by atoms with Crippen molar-refractivity contribution in [1.29, 1.82) is 0 Å². The van der Waals surface area contributed by atoms with Gasteiger partial charge in [0, 0.05) is 51.0 Å². The number of likely N-dealkylation sites (N-methyl/N-ethyl adjacent to an activating group) is 1. The number of nitrogens with zero attached hydrogens (tertiary/aromatic N) is 11. The molecule has 0 aromatic carbocycles. The number of tetrazole rings is 2. The number of aromatic nitrogens is 10. The van der Waals surface area contributed by atoms with Gasteiger partial charge in [-0.3, -0.25) is 14.8 Å². The van der Waals surface area contributed by atoms with Crippen LogP contribution in [0, 0.1) is 0 Å². The number of aliphatic carboxylic acids is 1. The van der Waals surface area contributed by atoms with Gasteiger partial charge in [0.2, 0.25) is 5.91 Å². The fraction of sp³-hybridized carbons (Fsp3) is 0.100.